The Morgan fingerprint density at radius 1 is 1.50 bits per heavy atom. The number of nitrogens with zero attached hydrogens (tertiary/aromatic N) is 1. The molecule has 1 fully saturated rings. The number of aryl methyl sites for hydroxylation is 1. The fourth-order valence-electron chi connectivity index (χ4n) is 2.20. The molecule has 1 saturated heterocycles. The number of hydrogen-bond donors (Lipinski definition) is 2. The molecule has 0 saturated carbocycles. The molecule has 1 aromatic heterocycles. The maximum absolute atomic E-state index is 5.75. The number of hydrazine groups is 1. The van der Waals surface area contributed by atoms with Crippen molar-refractivity contribution in [2.24, 2.45) is 5.84 Å². The minimum atomic E-state index is 0.0488. The van der Waals surface area contributed by atoms with Crippen molar-refractivity contribution in [1.29, 1.82) is 0 Å². The summed E-state index contributed by atoms with van der Waals surface area (Å²) in [5.41, 5.74) is 5.10. The molecule has 1 aromatic rings. The first kappa shape index (κ1) is 11.5. The molecule has 3 N–H and O–H groups in total. The van der Waals surface area contributed by atoms with Crippen LogP contribution in [0, 0.1) is 6.92 Å². The smallest absolute Gasteiger partial charge is 0.0783 e. The van der Waals surface area contributed by atoms with Crippen LogP contribution in [0.1, 0.15) is 36.4 Å². The van der Waals surface area contributed by atoms with E-state index in [1.165, 1.54) is 6.42 Å². The van der Waals surface area contributed by atoms with Crippen LogP contribution in [0.25, 0.3) is 0 Å². The molecule has 2 unspecified atom stereocenters. The zero-order valence-electron chi connectivity index (χ0n) is 9.65. The Balaban J connectivity index is 2.14. The van der Waals surface area contributed by atoms with E-state index in [0.29, 0.717) is 0 Å². The first-order valence-electron chi connectivity index (χ1n) is 5.80. The van der Waals surface area contributed by atoms with E-state index < -0.39 is 0 Å². The lowest BCUT2D eigenvalue weighted by atomic mass is 9.97. The first-order chi connectivity index (χ1) is 7.81. The maximum atomic E-state index is 5.75. The minimum absolute atomic E-state index is 0.0488. The predicted molar refractivity (Wildman–Crippen MR) is 62.6 cm³/mol. The van der Waals surface area contributed by atoms with Gasteiger partial charge in [-0.3, -0.25) is 16.3 Å². The Kier molecular flexibility index (Phi) is 3.88. The second-order valence-electron chi connectivity index (χ2n) is 4.34. The highest BCUT2D eigenvalue weighted by molar-refractivity contribution is 5.21. The molecule has 0 aromatic carbocycles. The average molecular weight is 221 g/mol. The van der Waals surface area contributed by atoms with Crippen LogP contribution >= 0.6 is 0 Å². The van der Waals surface area contributed by atoms with Crippen LogP contribution in [-0.4, -0.2) is 17.7 Å². The van der Waals surface area contributed by atoms with Crippen LogP contribution in [0.2, 0.25) is 0 Å². The van der Waals surface area contributed by atoms with Gasteiger partial charge in [0.1, 0.15) is 0 Å². The highest BCUT2D eigenvalue weighted by atomic mass is 16.5. The Hall–Kier alpha value is -0.970. The highest BCUT2D eigenvalue weighted by Crippen LogP contribution is 2.25. The van der Waals surface area contributed by atoms with E-state index in [0.717, 1.165) is 30.6 Å². The molecule has 16 heavy (non-hydrogen) atoms. The third-order valence-electron chi connectivity index (χ3n) is 3.02. The Bertz CT molecular complexity index is 337. The number of aromatic nitrogens is 1. The number of ether oxygens (including phenoxy) is 1. The molecule has 2 heterocycles. The second kappa shape index (κ2) is 5.39. The second-order valence-corrected chi connectivity index (χ2v) is 4.34. The lowest BCUT2D eigenvalue weighted by molar-refractivity contribution is -0.00829. The van der Waals surface area contributed by atoms with Crippen LogP contribution in [0.15, 0.2) is 18.5 Å². The topological polar surface area (TPSA) is 60.2 Å². The van der Waals surface area contributed by atoms with Gasteiger partial charge in [0.2, 0.25) is 0 Å². The number of pyridine rings is 1. The summed E-state index contributed by atoms with van der Waals surface area (Å²) in [4.78, 5) is 4.20. The van der Waals surface area contributed by atoms with Gasteiger partial charge in [-0.1, -0.05) is 6.07 Å². The van der Waals surface area contributed by atoms with Gasteiger partial charge in [0.15, 0.2) is 0 Å². The summed E-state index contributed by atoms with van der Waals surface area (Å²) in [6.45, 7) is 2.87. The molecule has 0 aliphatic carbocycles. The number of hydrogen-bond acceptors (Lipinski definition) is 4. The van der Waals surface area contributed by atoms with Gasteiger partial charge >= 0.3 is 0 Å². The molecule has 0 spiro atoms. The van der Waals surface area contributed by atoms with Crippen molar-refractivity contribution in [2.75, 3.05) is 6.61 Å². The van der Waals surface area contributed by atoms with E-state index in [1.807, 2.05) is 19.3 Å². The van der Waals surface area contributed by atoms with Gasteiger partial charge < -0.3 is 4.74 Å². The molecular weight excluding hydrogens is 202 g/mol. The number of nitrogens with one attached hydrogen (secondary N) is 1. The van der Waals surface area contributed by atoms with E-state index in [4.69, 9.17) is 10.6 Å². The Morgan fingerprint density at radius 2 is 2.38 bits per heavy atom. The van der Waals surface area contributed by atoms with E-state index in [9.17, 15) is 0 Å². The zero-order chi connectivity index (χ0) is 11.4. The Labute approximate surface area is 96.2 Å². The normalized spacial score (nSPS) is 23.0. The van der Waals surface area contributed by atoms with E-state index >= 15 is 0 Å². The highest BCUT2D eigenvalue weighted by Gasteiger charge is 2.25. The summed E-state index contributed by atoms with van der Waals surface area (Å²) in [5, 5.41) is 0. The zero-order valence-corrected chi connectivity index (χ0v) is 9.65. The third kappa shape index (κ3) is 2.58. The monoisotopic (exact) mass is 221 g/mol. The molecule has 0 radical (unpaired) electrons. The summed E-state index contributed by atoms with van der Waals surface area (Å²) in [6.07, 6.45) is 7.29. The molecule has 0 amide bonds. The lowest BCUT2D eigenvalue weighted by Crippen LogP contribution is -2.39. The molecule has 0 bridgehead atoms. The summed E-state index contributed by atoms with van der Waals surface area (Å²) in [5.74, 6) is 5.63. The standard InChI is InChI=1S/C12H19N3O/c1-9-6-10(8-14-7-9)12(15-13)11-4-2-3-5-16-11/h6-8,11-12,15H,2-5,13H2,1H3. The van der Waals surface area contributed by atoms with Crippen molar-refractivity contribution in [3.05, 3.63) is 29.6 Å². The summed E-state index contributed by atoms with van der Waals surface area (Å²) >= 11 is 0. The molecule has 4 nitrogen and oxygen atoms in total. The first-order valence-corrected chi connectivity index (χ1v) is 5.80. The number of rotatable bonds is 3. The number of nitrogens with two attached hydrogens (primary N) is 1. The van der Waals surface area contributed by atoms with Gasteiger partial charge in [0.05, 0.1) is 12.1 Å². The van der Waals surface area contributed by atoms with Crippen LogP contribution in [0.4, 0.5) is 0 Å². The van der Waals surface area contributed by atoms with Crippen LogP contribution < -0.4 is 11.3 Å². The predicted octanol–water partition coefficient (Wildman–Crippen LogP) is 1.46. The van der Waals surface area contributed by atoms with Gasteiger partial charge in [-0.15, -0.1) is 0 Å². The van der Waals surface area contributed by atoms with Crippen molar-refractivity contribution < 1.29 is 4.74 Å². The van der Waals surface area contributed by atoms with Crippen molar-refractivity contribution in [3.63, 3.8) is 0 Å². The lowest BCUT2D eigenvalue weighted by Gasteiger charge is -2.30. The van der Waals surface area contributed by atoms with Crippen molar-refractivity contribution >= 4 is 0 Å². The summed E-state index contributed by atoms with van der Waals surface area (Å²) in [7, 11) is 0. The van der Waals surface area contributed by atoms with E-state index in [-0.39, 0.29) is 12.1 Å². The van der Waals surface area contributed by atoms with Gasteiger partial charge in [0.25, 0.3) is 0 Å². The van der Waals surface area contributed by atoms with E-state index in [1.54, 1.807) is 0 Å². The SMILES string of the molecule is Cc1cncc(C(NN)C2CCCCO2)c1. The fourth-order valence-corrected chi connectivity index (χ4v) is 2.20. The maximum Gasteiger partial charge on any atom is 0.0783 e. The fraction of sp³-hybridized carbons (Fsp3) is 0.583. The average Bonchev–Trinajstić information content (AvgIpc) is 2.31. The summed E-state index contributed by atoms with van der Waals surface area (Å²) in [6, 6.07) is 2.16. The molecule has 4 heteroatoms. The molecule has 88 valence electrons. The molecule has 2 atom stereocenters. The minimum Gasteiger partial charge on any atom is -0.376 e. The van der Waals surface area contributed by atoms with Crippen molar-refractivity contribution in [1.82, 2.24) is 10.4 Å². The van der Waals surface area contributed by atoms with Crippen LogP contribution in [0.5, 0.6) is 0 Å². The van der Waals surface area contributed by atoms with Gasteiger partial charge in [-0.05, 0) is 37.3 Å². The summed E-state index contributed by atoms with van der Waals surface area (Å²) < 4.78 is 5.75. The Morgan fingerprint density at radius 3 is 3.00 bits per heavy atom. The van der Waals surface area contributed by atoms with Crippen LogP contribution in [-0.2, 0) is 4.74 Å². The molecule has 2 rings (SSSR count). The van der Waals surface area contributed by atoms with E-state index in [2.05, 4.69) is 16.5 Å². The third-order valence-corrected chi connectivity index (χ3v) is 3.02. The van der Waals surface area contributed by atoms with Crippen LogP contribution in [0.3, 0.4) is 0 Å². The van der Waals surface area contributed by atoms with Gasteiger partial charge in [0, 0.05) is 19.0 Å². The van der Waals surface area contributed by atoms with Crippen molar-refractivity contribution in [2.45, 2.75) is 38.3 Å². The largest absolute Gasteiger partial charge is 0.376 e. The van der Waals surface area contributed by atoms with Crippen molar-refractivity contribution in [3.8, 4) is 0 Å². The molecule has 1 aliphatic heterocycles. The quantitative estimate of drug-likeness (QED) is 0.599. The molecular formula is C12H19N3O. The van der Waals surface area contributed by atoms with Gasteiger partial charge in [-0.2, -0.15) is 0 Å². The van der Waals surface area contributed by atoms with Gasteiger partial charge in [-0.25, -0.2) is 0 Å². The molecule has 1 aliphatic rings.